The van der Waals surface area contributed by atoms with Crippen LogP contribution in [0.15, 0.2) is 57.9 Å². The number of halogens is 1. The molecule has 4 aromatic rings. The number of anilines is 1. The van der Waals surface area contributed by atoms with E-state index in [1.54, 1.807) is 19.1 Å². The van der Waals surface area contributed by atoms with Gasteiger partial charge in [-0.25, -0.2) is 4.79 Å². The van der Waals surface area contributed by atoms with E-state index in [2.05, 4.69) is 10.3 Å². The van der Waals surface area contributed by atoms with Crippen molar-refractivity contribution in [2.45, 2.75) is 6.92 Å². The van der Waals surface area contributed by atoms with Crippen LogP contribution in [0, 0.1) is 6.92 Å². The summed E-state index contributed by atoms with van der Waals surface area (Å²) in [6.45, 7) is 1.57. The van der Waals surface area contributed by atoms with E-state index in [1.165, 1.54) is 12.1 Å². The van der Waals surface area contributed by atoms with Crippen molar-refractivity contribution in [1.29, 1.82) is 0 Å². The van der Waals surface area contributed by atoms with Gasteiger partial charge in [0, 0.05) is 40.3 Å². The van der Waals surface area contributed by atoms with E-state index in [1.807, 2.05) is 24.4 Å². The zero-order valence-corrected chi connectivity index (χ0v) is 15.1. The van der Waals surface area contributed by atoms with Gasteiger partial charge in [-0.3, -0.25) is 4.79 Å². The van der Waals surface area contributed by atoms with Crippen LogP contribution in [0.4, 0.5) is 5.69 Å². The SMILES string of the molecule is Cc1cc(=O)oc2cc(OCC(=O)Nc3ccc4[nH]ccc4c3)c(Cl)cc12. The number of benzene rings is 2. The smallest absolute Gasteiger partial charge is 0.336 e. The van der Waals surface area contributed by atoms with Gasteiger partial charge in [0.25, 0.3) is 5.91 Å². The van der Waals surface area contributed by atoms with Crippen LogP contribution < -0.4 is 15.7 Å². The molecular formula is C20H15ClN2O4. The van der Waals surface area contributed by atoms with Gasteiger partial charge in [0.15, 0.2) is 6.61 Å². The molecule has 2 aromatic heterocycles. The second kappa shape index (κ2) is 6.81. The number of aryl methyl sites for hydroxylation is 1. The summed E-state index contributed by atoms with van der Waals surface area (Å²) in [5.74, 6) is -0.0547. The van der Waals surface area contributed by atoms with Gasteiger partial charge < -0.3 is 19.5 Å². The van der Waals surface area contributed by atoms with Crippen LogP contribution in [0.1, 0.15) is 5.56 Å². The fourth-order valence-electron chi connectivity index (χ4n) is 2.90. The molecule has 0 saturated heterocycles. The van der Waals surface area contributed by atoms with Gasteiger partial charge in [-0.2, -0.15) is 0 Å². The highest BCUT2D eigenvalue weighted by Gasteiger charge is 2.11. The first kappa shape index (κ1) is 17.2. The second-order valence-corrected chi connectivity index (χ2v) is 6.55. The summed E-state index contributed by atoms with van der Waals surface area (Å²) in [5.41, 5.74) is 2.32. The summed E-state index contributed by atoms with van der Waals surface area (Å²) in [7, 11) is 0. The van der Waals surface area contributed by atoms with Crippen molar-refractivity contribution in [2.75, 3.05) is 11.9 Å². The number of aromatic nitrogens is 1. The van der Waals surface area contributed by atoms with Gasteiger partial charge >= 0.3 is 5.63 Å². The van der Waals surface area contributed by atoms with E-state index in [9.17, 15) is 9.59 Å². The standard InChI is InChI=1S/C20H15ClN2O4/c1-11-6-20(25)27-17-9-18(15(21)8-14(11)17)26-10-19(24)23-13-2-3-16-12(7-13)4-5-22-16/h2-9,22H,10H2,1H3,(H,23,24). The molecule has 0 spiro atoms. The summed E-state index contributed by atoms with van der Waals surface area (Å²) in [6.07, 6.45) is 1.83. The third-order valence-corrected chi connectivity index (χ3v) is 4.50. The molecule has 27 heavy (non-hydrogen) atoms. The van der Waals surface area contributed by atoms with Crippen LogP contribution in [-0.2, 0) is 4.79 Å². The van der Waals surface area contributed by atoms with Gasteiger partial charge in [0.2, 0.25) is 0 Å². The minimum absolute atomic E-state index is 0.230. The molecule has 2 aromatic carbocycles. The summed E-state index contributed by atoms with van der Waals surface area (Å²) in [4.78, 5) is 26.8. The largest absolute Gasteiger partial charge is 0.482 e. The number of ether oxygens (including phenoxy) is 1. The third kappa shape index (κ3) is 3.52. The molecule has 0 bridgehead atoms. The highest BCUT2D eigenvalue weighted by molar-refractivity contribution is 6.32. The van der Waals surface area contributed by atoms with E-state index < -0.39 is 5.63 Å². The number of rotatable bonds is 4. The average molecular weight is 383 g/mol. The Morgan fingerprint density at radius 3 is 2.93 bits per heavy atom. The van der Waals surface area contributed by atoms with E-state index in [4.69, 9.17) is 20.8 Å². The van der Waals surface area contributed by atoms with Crippen molar-refractivity contribution in [3.8, 4) is 5.75 Å². The maximum absolute atomic E-state index is 12.2. The van der Waals surface area contributed by atoms with Crippen LogP contribution in [0.3, 0.4) is 0 Å². The molecule has 0 radical (unpaired) electrons. The minimum atomic E-state index is -0.453. The Morgan fingerprint density at radius 1 is 1.22 bits per heavy atom. The highest BCUT2D eigenvalue weighted by Crippen LogP contribution is 2.31. The number of carbonyl (C=O) groups excluding carboxylic acids is 1. The minimum Gasteiger partial charge on any atom is -0.482 e. The molecule has 2 N–H and O–H groups in total. The number of hydrogen-bond acceptors (Lipinski definition) is 4. The first-order chi connectivity index (χ1) is 13.0. The summed E-state index contributed by atoms with van der Waals surface area (Å²) in [5, 5.41) is 4.82. The van der Waals surface area contributed by atoms with E-state index in [0.717, 1.165) is 21.9 Å². The first-order valence-electron chi connectivity index (χ1n) is 8.23. The van der Waals surface area contributed by atoms with Crippen molar-refractivity contribution in [3.63, 3.8) is 0 Å². The van der Waals surface area contributed by atoms with Gasteiger partial charge in [-0.1, -0.05) is 11.6 Å². The lowest BCUT2D eigenvalue weighted by Gasteiger charge is -2.10. The first-order valence-corrected chi connectivity index (χ1v) is 8.61. The van der Waals surface area contributed by atoms with Crippen LogP contribution >= 0.6 is 11.6 Å². The number of carbonyl (C=O) groups is 1. The Balaban J connectivity index is 1.49. The third-order valence-electron chi connectivity index (χ3n) is 4.20. The van der Waals surface area contributed by atoms with Crippen LogP contribution in [-0.4, -0.2) is 17.5 Å². The topological polar surface area (TPSA) is 84.3 Å². The van der Waals surface area contributed by atoms with Crippen LogP contribution in [0.25, 0.3) is 21.9 Å². The Morgan fingerprint density at radius 2 is 2.07 bits per heavy atom. The molecule has 4 rings (SSSR count). The van der Waals surface area contributed by atoms with E-state index in [-0.39, 0.29) is 18.3 Å². The summed E-state index contributed by atoms with van der Waals surface area (Å²) in [6, 6.07) is 12.0. The monoisotopic (exact) mass is 382 g/mol. The van der Waals surface area contributed by atoms with Crippen molar-refractivity contribution in [2.24, 2.45) is 0 Å². The Hall–Kier alpha value is -3.25. The zero-order valence-electron chi connectivity index (χ0n) is 14.3. The molecule has 0 fully saturated rings. The quantitative estimate of drug-likeness (QED) is 0.517. The van der Waals surface area contributed by atoms with Gasteiger partial charge in [-0.15, -0.1) is 0 Å². The maximum Gasteiger partial charge on any atom is 0.336 e. The second-order valence-electron chi connectivity index (χ2n) is 6.14. The fraction of sp³-hybridized carbons (Fsp3) is 0.100. The lowest BCUT2D eigenvalue weighted by molar-refractivity contribution is -0.118. The molecule has 1 amide bonds. The van der Waals surface area contributed by atoms with Gasteiger partial charge in [0.1, 0.15) is 11.3 Å². The molecule has 7 heteroatoms. The number of aromatic amines is 1. The van der Waals surface area contributed by atoms with E-state index >= 15 is 0 Å². The zero-order chi connectivity index (χ0) is 19.0. The maximum atomic E-state index is 12.2. The van der Waals surface area contributed by atoms with Crippen LogP contribution in [0.2, 0.25) is 5.02 Å². The van der Waals surface area contributed by atoms with Crippen molar-refractivity contribution in [3.05, 3.63) is 69.7 Å². The molecule has 0 aliphatic rings. The van der Waals surface area contributed by atoms with E-state index in [0.29, 0.717) is 16.3 Å². The fourth-order valence-corrected chi connectivity index (χ4v) is 3.12. The van der Waals surface area contributed by atoms with Gasteiger partial charge in [-0.05, 0) is 42.8 Å². The van der Waals surface area contributed by atoms with Crippen molar-refractivity contribution >= 4 is 45.1 Å². The predicted molar refractivity (Wildman–Crippen MR) is 105 cm³/mol. The predicted octanol–water partition coefficient (Wildman–Crippen LogP) is 4.25. The number of fused-ring (bicyclic) bond motifs is 2. The number of hydrogen-bond donors (Lipinski definition) is 2. The Bertz CT molecular complexity index is 1230. The molecule has 136 valence electrons. The molecule has 0 unspecified atom stereocenters. The summed E-state index contributed by atoms with van der Waals surface area (Å²) < 4.78 is 10.7. The molecule has 6 nitrogen and oxygen atoms in total. The van der Waals surface area contributed by atoms with Crippen molar-refractivity contribution in [1.82, 2.24) is 4.98 Å². The molecule has 0 saturated carbocycles. The number of nitrogens with one attached hydrogen (secondary N) is 2. The molecule has 0 aliphatic carbocycles. The van der Waals surface area contributed by atoms with Gasteiger partial charge in [0.05, 0.1) is 5.02 Å². The molecule has 2 heterocycles. The number of amides is 1. The molecule has 0 aliphatic heterocycles. The molecule has 0 atom stereocenters. The van der Waals surface area contributed by atoms with Crippen molar-refractivity contribution < 1.29 is 13.9 Å². The Kier molecular flexibility index (Phi) is 4.33. The average Bonchev–Trinajstić information content (AvgIpc) is 3.08. The van der Waals surface area contributed by atoms with Crippen LogP contribution in [0.5, 0.6) is 5.75 Å². The number of H-pyrrole nitrogens is 1. The lowest BCUT2D eigenvalue weighted by Crippen LogP contribution is -2.20. The molecular weight excluding hydrogens is 368 g/mol. The summed E-state index contributed by atoms with van der Waals surface area (Å²) >= 11 is 6.23. The Labute approximate surface area is 158 Å². The highest BCUT2D eigenvalue weighted by atomic mass is 35.5. The lowest BCUT2D eigenvalue weighted by atomic mass is 10.1. The normalized spacial score (nSPS) is 11.0.